The molecule has 0 atom stereocenters. The third kappa shape index (κ3) is 11.4. The molecule has 22 rings (SSSR count). The number of fused-ring (bicyclic) bond motifs is 12. The minimum atomic E-state index is -0.396. The predicted molar refractivity (Wildman–Crippen MR) is 494 cm³/mol. The molecule has 0 bridgehead atoms. The van der Waals surface area contributed by atoms with Crippen molar-refractivity contribution in [1.29, 1.82) is 0 Å². The second-order valence-electron chi connectivity index (χ2n) is 34.7. The van der Waals surface area contributed by atoms with Crippen LogP contribution < -0.4 is 0 Å². The van der Waals surface area contributed by atoms with Crippen LogP contribution in [-0.2, 0) is 21.7 Å². The van der Waals surface area contributed by atoms with E-state index < -0.39 is 5.41 Å². The van der Waals surface area contributed by atoms with Crippen LogP contribution >= 0.6 is 0 Å². The molecule has 0 spiro atoms. The summed E-state index contributed by atoms with van der Waals surface area (Å²) in [7, 11) is 0. The molecule has 18 aromatic rings. The zero-order valence-corrected chi connectivity index (χ0v) is 68.3. The number of hydrogen-bond acceptors (Lipinski definition) is 6. The van der Waals surface area contributed by atoms with Gasteiger partial charge in [-0.2, -0.15) is 0 Å². The van der Waals surface area contributed by atoms with Crippen molar-refractivity contribution in [3.8, 4) is 191 Å². The third-order valence-electron chi connectivity index (χ3n) is 26.5. The fraction of sp³-hybridized carbons (Fsp3) is 0.105. The summed E-state index contributed by atoms with van der Waals surface area (Å²) in [6.45, 7) is 19.0. The molecule has 16 aromatic carbocycles. The molecule has 120 heavy (non-hydrogen) atoms. The smallest absolute Gasteiger partial charge is 0.164 e. The number of nitrogens with zero attached hydrogens (tertiary/aromatic N) is 6. The maximum Gasteiger partial charge on any atom is 0.164 e. The summed E-state index contributed by atoms with van der Waals surface area (Å²) in [6, 6.07) is 132. The lowest BCUT2D eigenvalue weighted by atomic mass is 9.74. The maximum absolute atomic E-state index is 5.66. The summed E-state index contributed by atoms with van der Waals surface area (Å²) in [6.07, 6.45) is 0. The first kappa shape index (κ1) is 72.0. The van der Waals surface area contributed by atoms with E-state index >= 15 is 0 Å². The normalized spacial score (nSPS) is 14.1. The Hall–Kier alpha value is -14.5. The van der Waals surface area contributed by atoms with E-state index in [-0.39, 0.29) is 16.2 Å². The maximum atomic E-state index is 5.66. The fourth-order valence-corrected chi connectivity index (χ4v) is 20.6. The quantitative estimate of drug-likeness (QED) is 0.114. The van der Waals surface area contributed by atoms with Crippen molar-refractivity contribution in [1.82, 2.24) is 29.9 Å². The van der Waals surface area contributed by atoms with Crippen molar-refractivity contribution in [2.24, 2.45) is 0 Å². The molecule has 0 N–H and O–H groups in total. The molecule has 0 aliphatic heterocycles. The van der Waals surface area contributed by atoms with Crippen LogP contribution in [-0.4, -0.2) is 29.9 Å². The SMILES string of the molecule is CC1(C)c2ccccc2-c2ccc(-c3cccc4c3-c3ccc(-c5nc(-c6ccccc6-c6ccccc6)nc(-c6ccc(-c7ccccc7-c7ccccc7-c7nc(-c8ccc9c(c8)C(C)(C)c8c-9cccc8-c8cccc9c8C(C)(C)c8ccccc8-9)nc(-c8ccccc8-c8ccccc8)n7)cc6-c6ccccc6)n5)cc3C4(C)C)cc21. The zero-order valence-electron chi connectivity index (χ0n) is 68.3. The minimum absolute atomic E-state index is 0.130. The van der Waals surface area contributed by atoms with Crippen LogP contribution in [0.2, 0.25) is 0 Å². The van der Waals surface area contributed by atoms with Gasteiger partial charge in [0.1, 0.15) is 0 Å². The second kappa shape index (κ2) is 27.6. The highest BCUT2D eigenvalue weighted by atomic mass is 15.0. The van der Waals surface area contributed by atoms with Crippen molar-refractivity contribution in [3.05, 3.63) is 408 Å². The number of benzene rings is 16. The summed E-state index contributed by atoms with van der Waals surface area (Å²) < 4.78 is 0. The number of rotatable bonds is 13. The van der Waals surface area contributed by atoms with Crippen LogP contribution in [0.15, 0.2) is 364 Å². The average Bonchev–Trinajstić information content (AvgIpc) is 1.55. The summed E-state index contributed by atoms with van der Waals surface area (Å²) in [5, 5.41) is 0. The van der Waals surface area contributed by atoms with Crippen LogP contribution in [0.5, 0.6) is 0 Å². The van der Waals surface area contributed by atoms with E-state index in [9.17, 15) is 0 Å². The molecular weight excluding hydrogens is 1450 g/mol. The molecule has 4 aliphatic carbocycles. The minimum Gasteiger partial charge on any atom is -0.208 e. The Kier molecular flexibility index (Phi) is 16.6. The van der Waals surface area contributed by atoms with Gasteiger partial charge < -0.3 is 0 Å². The van der Waals surface area contributed by atoms with E-state index in [0.29, 0.717) is 34.9 Å². The van der Waals surface area contributed by atoms with Gasteiger partial charge in [0.15, 0.2) is 34.9 Å². The van der Waals surface area contributed by atoms with Gasteiger partial charge in [-0.25, -0.2) is 29.9 Å². The lowest BCUT2D eigenvalue weighted by Gasteiger charge is -2.28. The molecule has 6 nitrogen and oxygen atoms in total. The van der Waals surface area contributed by atoms with Crippen molar-refractivity contribution < 1.29 is 0 Å². The molecule has 570 valence electrons. The van der Waals surface area contributed by atoms with Crippen LogP contribution in [0.1, 0.15) is 99.9 Å². The van der Waals surface area contributed by atoms with E-state index in [2.05, 4.69) is 419 Å². The summed E-state index contributed by atoms with van der Waals surface area (Å²) in [5.41, 5.74) is 40.5. The van der Waals surface area contributed by atoms with Crippen LogP contribution in [0, 0.1) is 0 Å². The van der Waals surface area contributed by atoms with Gasteiger partial charge in [-0.15, -0.1) is 0 Å². The predicted octanol–water partition coefficient (Wildman–Crippen LogP) is 29.0. The lowest BCUT2D eigenvalue weighted by molar-refractivity contribution is 0.655. The van der Waals surface area contributed by atoms with Crippen molar-refractivity contribution in [3.63, 3.8) is 0 Å². The summed E-state index contributed by atoms with van der Waals surface area (Å²) in [5.74, 6) is 3.49. The molecule has 0 unspecified atom stereocenters. The topological polar surface area (TPSA) is 77.3 Å². The van der Waals surface area contributed by atoms with Gasteiger partial charge in [0.25, 0.3) is 0 Å². The van der Waals surface area contributed by atoms with Gasteiger partial charge >= 0.3 is 0 Å². The Morgan fingerprint density at radius 2 is 0.400 bits per heavy atom. The molecule has 0 saturated carbocycles. The van der Waals surface area contributed by atoms with E-state index in [1.54, 1.807) is 0 Å². The first-order chi connectivity index (χ1) is 58.5. The highest BCUT2D eigenvalue weighted by molar-refractivity contribution is 5.99. The van der Waals surface area contributed by atoms with Gasteiger partial charge in [-0.1, -0.05) is 389 Å². The van der Waals surface area contributed by atoms with Gasteiger partial charge in [0.2, 0.25) is 0 Å². The van der Waals surface area contributed by atoms with E-state index in [1.165, 1.54) is 111 Å². The molecule has 0 amide bonds. The molecular formula is C114H84N6. The second-order valence-corrected chi connectivity index (χ2v) is 34.7. The Bertz CT molecular complexity index is 7270. The lowest BCUT2D eigenvalue weighted by Crippen LogP contribution is -2.19. The van der Waals surface area contributed by atoms with E-state index in [1.807, 2.05) is 0 Å². The van der Waals surface area contributed by atoms with Crippen molar-refractivity contribution >= 4 is 0 Å². The zero-order chi connectivity index (χ0) is 80.9. The Morgan fingerprint density at radius 1 is 0.142 bits per heavy atom. The summed E-state index contributed by atoms with van der Waals surface area (Å²) in [4.78, 5) is 33.7. The average molecular weight is 1540 g/mol. The fourth-order valence-electron chi connectivity index (χ4n) is 20.6. The molecule has 2 heterocycles. The first-order valence-corrected chi connectivity index (χ1v) is 41.8. The molecule has 0 saturated heterocycles. The monoisotopic (exact) mass is 1540 g/mol. The van der Waals surface area contributed by atoms with Crippen molar-refractivity contribution in [2.75, 3.05) is 0 Å². The molecule has 0 fully saturated rings. The van der Waals surface area contributed by atoms with Crippen LogP contribution in [0.3, 0.4) is 0 Å². The van der Waals surface area contributed by atoms with Gasteiger partial charge in [-0.05, 0) is 197 Å². The molecule has 6 heteroatoms. The highest BCUT2D eigenvalue weighted by Gasteiger charge is 2.44. The van der Waals surface area contributed by atoms with Gasteiger partial charge in [-0.3, -0.25) is 0 Å². The van der Waals surface area contributed by atoms with Gasteiger partial charge in [0, 0.05) is 55.0 Å². The van der Waals surface area contributed by atoms with Crippen molar-refractivity contribution in [2.45, 2.75) is 77.0 Å². The largest absolute Gasteiger partial charge is 0.208 e. The molecule has 4 aliphatic rings. The number of hydrogen-bond donors (Lipinski definition) is 0. The highest BCUT2D eigenvalue weighted by Crippen LogP contribution is 2.59. The van der Waals surface area contributed by atoms with Crippen LogP contribution in [0.4, 0.5) is 0 Å². The standard InChI is InChI=1S/C114H84N6/c1-111(2)96-54-28-26-44-82(96)84-61-57-73(66-99(84)111)79-49-32-56-98-102(79)94-64-60-75(68-101(94)112(98,3)4)106-116-108(91-47-24-20-40-77(91)70-35-14-10-15-36-70)120-110(118-106)93-63-58-72(65-95(93)71-37-16-11-17-38-71)78-41-18-21-42-80(78)81-43-22-25-48-92(81)109-117-105(115-107(119-109)90-46-23-19-39-76(90)69-33-12-9-13-34-69)74-59-62-85-87-51-31-53-89(104(87)114(7,8)100(85)67-74)88-52-30-50-86-83-45-27-29-55-97(83)113(5,6)103(86)88/h9-68H,1-8H3. The van der Waals surface area contributed by atoms with E-state index in [4.69, 9.17) is 29.9 Å². The Labute approximate surface area is 701 Å². The van der Waals surface area contributed by atoms with Gasteiger partial charge in [0.05, 0.1) is 0 Å². The number of aromatic nitrogens is 6. The summed E-state index contributed by atoms with van der Waals surface area (Å²) >= 11 is 0. The molecule has 0 radical (unpaired) electrons. The van der Waals surface area contributed by atoms with Crippen LogP contribution in [0.25, 0.3) is 191 Å². The first-order valence-electron chi connectivity index (χ1n) is 41.8. The Morgan fingerprint density at radius 3 is 0.900 bits per heavy atom. The third-order valence-corrected chi connectivity index (χ3v) is 26.5. The Balaban J connectivity index is 0.671. The van der Waals surface area contributed by atoms with E-state index in [0.717, 1.165) is 89.0 Å². The molecule has 2 aromatic heterocycles.